The number of ketones is 2. The van der Waals surface area contributed by atoms with Gasteiger partial charge in [0.05, 0.1) is 13.0 Å². The Balaban J connectivity index is 2.40. The lowest BCUT2D eigenvalue weighted by Crippen LogP contribution is -2.53. The van der Waals surface area contributed by atoms with Crippen LogP contribution in [0.15, 0.2) is 17.3 Å². The lowest BCUT2D eigenvalue weighted by Gasteiger charge is -2.29. The summed E-state index contributed by atoms with van der Waals surface area (Å²) < 4.78 is 26.7. The third-order valence-corrected chi connectivity index (χ3v) is 6.25. The SMILES string of the molecule is CC(C[CH]C(=O)N([C@@H]1CCCNCC1=O)S(=O)(=O)C1=NC=CCC1=O)C(N)=O. The molecule has 1 saturated heterocycles. The van der Waals surface area contributed by atoms with Gasteiger partial charge in [-0.1, -0.05) is 13.0 Å². The molecule has 2 heterocycles. The molecule has 2 aliphatic heterocycles. The zero-order chi connectivity index (χ0) is 20.9. The number of hydrogen-bond donors (Lipinski definition) is 2. The van der Waals surface area contributed by atoms with Crippen molar-refractivity contribution in [3.8, 4) is 0 Å². The molecule has 1 fully saturated rings. The molecule has 0 aromatic carbocycles. The summed E-state index contributed by atoms with van der Waals surface area (Å²) in [7, 11) is -4.65. The van der Waals surface area contributed by atoms with Crippen molar-refractivity contribution in [1.82, 2.24) is 9.62 Å². The fourth-order valence-electron chi connectivity index (χ4n) is 2.83. The van der Waals surface area contributed by atoms with E-state index >= 15 is 0 Å². The minimum absolute atomic E-state index is 0.0953. The van der Waals surface area contributed by atoms with Crippen LogP contribution >= 0.6 is 0 Å². The standard InChI is InChI=1S/C17H23N4O6S/c1-11(16(18)25)6-7-15(24)21(12-4-2-8-19-10-14(12)23)28(26,27)17-13(22)5-3-9-20-17/h3,7,9,11-12,19H,2,4-6,8,10H2,1H3,(H2,18,25)/t11?,12-/m1/s1. The van der Waals surface area contributed by atoms with Crippen LogP contribution in [0.3, 0.4) is 0 Å². The molecule has 11 heteroatoms. The quantitative estimate of drug-likeness (QED) is 0.591. The van der Waals surface area contributed by atoms with Gasteiger partial charge in [0, 0.05) is 18.5 Å². The minimum atomic E-state index is -4.65. The maximum absolute atomic E-state index is 13.1. The number of allylic oxidation sites excluding steroid dienone is 1. The van der Waals surface area contributed by atoms with E-state index in [2.05, 4.69) is 10.3 Å². The number of primary amides is 1. The van der Waals surface area contributed by atoms with Gasteiger partial charge in [-0.05, 0) is 25.8 Å². The third kappa shape index (κ3) is 4.90. The van der Waals surface area contributed by atoms with Crippen LogP contribution in [0.2, 0.25) is 0 Å². The summed E-state index contributed by atoms with van der Waals surface area (Å²) >= 11 is 0. The molecule has 2 aliphatic rings. The van der Waals surface area contributed by atoms with Gasteiger partial charge >= 0.3 is 0 Å². The number of carbonyl (C=O) groups is 4. The number of amides is 2. The molecule has 28 heavy (non-hydrogen) atoms. The van der Waals surface area contributed by atoms with Crippen molar-refractivity contribution in [3.63, 3.8) is 0 Å². The van der Waals surface area contributed by atoms with Crippen LogP contribution in [0, 0.1) is 12.3 Å². The molecule has 0 bridgehead atoms. The first-order chi connectivity index (χ1) is 13.2. The predicted molar refractivity (Wildman–Crippen MR) is 100 cm³/mol. The number of rotatable bonds is 5. The minimum Gasteiger partial charge on any atom is -0.369 e. The first-order valence-corrected chi connectivity index (χ1v) is 10.3. The van der Waals surface area contributed by atoms with E-state index in [0.717, 1.165) is 6.42 Å². The number of nitrogens with zero attached hydrogens (tertiary/aromatic N) is 2. The van der Waals surface area contributed by atoms with E-state index in [4.69, 9.17) is 5.73 Å². The molecule has 0 aromatic rings. The van der Waals surface area contributed by atoms with Crippen LogP contribution in [-0.4, -0.2) is 60.3 Å². The lowest BCUT2D eigenvalue weighted by atomic mass is 10.0. The average molecular weight is 411 g/mol. The van der Waals surface area contributed by atoms with Gasteiger partial charge in [0.2, 0.25) is 16.9 Å². The van der Waals surface area contributed by atoms with Crippen molar-refractivity contribution in [2.45, 2.75) is 38.6 Å². The summed E-state index contributed by atoms with van der Waals surface area (Å²) in [5.74, 6) is -3.57. The highest BCUT2D eigenvalue weighted by Crippen LogP contribution is 2.21. The first kappa shape index (κ1) is 21.9. The Morgan fingerprint density at radius 3 is 2.79 bits per heavy atom. The molecule has 0 aromatic heterocycles. The maximum Gasteiger partial charge on any atom is 0.288 e. The summed E-state index contributed by atoms with van der Waals surface area (Å²) in [6.07, 6.45) is 3.90. The number of nitrogens with one attached hydrogen (secondary N) is 1. The van der Waals surface area contributed by atoms with Gasteiger partial charge in [-0.15, -0.1) is 0 Å². The first-order valence-electron chi connectivity index (χ1n) is 8.86. The highest BCUT2D eigenvalue weighted by atomic mass is 32.2. The van der Waals surface area contributed by atoms with E-state index in [0.29, 0.717) is 17.3 Å². The predicted octanol–water partition coefficient (Wildman–Crippen LogP) is -0.933. The molecule has 3 N–H and O–H groups in total. The Morgan fingerprint density at radius 1 is 1.43 bits per heavy atom. The van der Waals surface area contributed by atoms with Crippen molar-refractivity contribution in [3.05, 3.63) is 18.7 Å². The Labute approximate surface area is 163 Å². The topological polar surface area (TPSA) is 156 Å². The Bertz CT molecular complexity index is 833. The van der Waals surface area contributed by atoms with Crippen LogP contribution in [0.1, 0.15) is 32.6 Å². The maximum atomic E-state index is 13.1. The summed E-state index contributed by atoms with van der Waals surface area (Å²) in [5.41, 5.74) is 5.17. The van der Waals surface area contributed by atoms with Crippen LogP contribution in [0.25, 0.3) is 0 Å². The Kier molecular flexibility index (Phi) is 7.19. The molecule has 0 saturated carbocycles. The Hall–Kier alpha value is -2.40. The normalized spacial score (nSPS) is 21.6. The van der Waals surface area contributed by atoms with Crippen LogP contribution in [0.4, 0.5) is 0 Å². The fraction of sp³-hybridized carbons (Fsp3) is 0.529. The molecule has 153 valence electrons. The molecular weight excluding hydrogens is 388 g/mol. The van der Waals surface area contributed by atoms with Gasteiger partial charge in [-0.25, -0.2) is 9.30 Å². The number of Topliss-reactive ketones (excluding diaryl/α,β-unsaturated/α-hetero) is 2. The molecular formula is C17H23N4O6S. The summed E-state index contributed by atoms with van der Waals surface area (Å²) in [4.78, 5) is 52.2. The molecule has 10 nitrogen and oxygen atoms in total. The summed E-state index contributed by atoms with van der Waals surface area (Å²) in [6.45, 7) is 1.89. The largest absolute Gasteiger partial charge is 0.369 e. The lowest BCUT2D eigenvalue weighted by molar-refractivity contribution is -0.131. The van der Waals surface area contributed by atoms with Gasteiger partial charge in [-0.2, -0.15) is 8.42 Å². The second-order valence-corrected chi connectivity index (χ2v) is 8.36. The zero-order valence-electron chi connectivity index (χ0n) is 15.5. The summed E-state index contributed by atoms with van der Waals surface area (Å²) in [6, 6.07) is -1.26. The van der Waals surface area contributed by atoms with E-state index in [1.165, 1.54) is 19.2 Å². The van der Waals surface area contributed by atoms with Crippen molar-refractivity contribution in [1.29, 1.82) is 0 Å². The number of aliphatic imine (C=N–C) groups is 1. The fourth-order valence-corrected chi connectivity index (χ4v) is 4.45. The number of hydrogen-bond acceptors (Lipinski definition) is 8. The van der Waals surface area contributed by atoms with Crippen LogP contribution < -0.4 is 11.1 Å². The zero-order valence-corrected chi connectivity index (χ0v) is 16.3. The second kappa shape index (κ2) is 9.20. The molecule has 1 radical (unpaired) electrons. The molecule has 0 aliphatic carbocycles. The van der Waals surface area contributed by atoms with E-state index in [1.807, 2.05) is 0 Å². The number of sulfonamides is 1. The van der Waals surface area contributed by atoms with Gasteiger partial charge in [0.25, 0.3) is 10.0 Å². The van der Waals surface area contributed by atoms with Gasteiger partial charge in [0.1, 0.15) is 6.04 Å². The van der Waals surface area contributed by atoms with E-state index < -0.39 is 50.4 Å². The van der Waals surface area contributed by atoms with Gasteiger partial charge in [0.15, 0.2) is 11.6 Å². The van der Waals surface area contributed by atoms with Gasteiger partial charge < -0.3 is 11.1 Å². The van der Waals surface area contributed by atoms with E-state index in [-0.39, 0.29) is 25.8 Å². The highest BCUT2D eigenvalue weighted by Gasteiger charge is 2.43. The van der Waals surface area contributed by atoms with E-state index in [1.54, 1.807) is 0 Å². The van der Waals surface area contributed by atoms with Crippen molar-refractivity contribution >= 4 is 38.4 Å². The van der Waals surface area contributed by atoms with Gasteiger partial charge in [-0.3, -0.25) is 19.2 Å². The van der Waals surface area contributed by atoms with Crippen molar-refractivity contribution in [2.24, 2.45) is 16.6 Å². The Morgan fingerprint density at radius 2 is 2.14 bits per heavy atom. The van der Waals surface area contributed by atoms with Crippen molar-refractivity contribution in [2.75, 3.05) is 13.1 Å². The highest BCUT2D eigenvalue weighted by molar-refractivity contribution is 8.06. The molecule has 2 amide bonds. The molecule has 2 atom stereocenters. The third-order valence-electron chi connectivity index (χ3n) is 4.48. The monoisotopic (exact) mass is 411 g/mol. The number of nitrogens with two attached hydrogens (primary N) is 1. The smallest absolute Gasteiger partial charge is 0.288 e. The second-order valence-electron chi connectivity index (χ2n) is 6.63. The molecule has 2 rings (SSSR count). The molecule has 0 spiro atoms. The molecule has 1 unspecified atom stereocenters. The average Bonchev–Trinajstić information content (AvgIpc) is 2.84. The van der Waals surface area contributed by atoms with E-state index in [9.17, 15) is 27.6 Å². The summed E-state index contributed by atoms with van der Waals surface area (Å²) in [5, 5.41) is 2.09. The van der Waals surface area contributed by atoms with Crippen LogP contribution in [0.5, 0.6) is 0 Å². The van der Waals surface area contributed by atoms with Crippen molar-refractivity contribution < 1.29 is 27.6 Å². The number of carbonyl (C=O) groups excluding carboxylic acids is 4. The van der Waals surface area contributed by atoms with Crippen LogP contribution in [-0.2, 0) is 29.2 Å².